The molecule has 5 heteroatoms. The number of fused-ring (bicyclic) bond motifs is 1. The SMILES string of the molecule is C[N-][C@@H]1[C@@H]2[C@@H]([C@@]3(C)CC[C@H](Cl)C(C)(C)O3)CC[C@](C)([N-]C)[C@H]2CC[C@@]1(C)O. The van der Waals surface area contributed by atoms with Gasteiger partial charge in [-0.15, -0.1) is 23.2 Å². The van der Waals surface area contributed by atoms with Crippen LogP contribution in [0.1, 0.15) is 73.1 Å². The van der Waals surface area contributed by atoms with E-state index in [1.54, 1.807) is 0 Å². The summed E-state index contributed by atoms with van der Waals surface area (Å²) in [4.78, 5) is 0. The fourth-order valence-electron chi connectivity index (χ4n) is 6.65. The highest BCUT2D eigenvalue weighted by Gasteiger charge is 2.56. The van der Waals surface area contributed by atoms with E-state index in [9.17, 15) is 5.11 Å². The Morgan fingerprint density at radius 2 is 1.56 bits per heavy atom. The van der Waals surface area contributed by atoms with E-state index in [1.807, 2.05) is 21.0 Å². The Labute approximate surface area is 171 Å². The molecule has 1 aliphatic heterocycles. The fourth-order valence-corrected chi connectivity index (χ4v) is 6.81. The van der Waals surface area contributed by atoms with Gasteiger partial charge in [-0.05, 0) is 71.6 Å². The normalized spacial score (nSPS) is 53.0. The van der Waals surface area contributed by atoms with Crippen molar-refractivity contribution in [1.82, 2.24) is 0 Å². The quantitative estimate of drug-likeness (QED) is 0.659. The number of nitrogens with zero attached hydrogens (tertiary/aromatic N) is 2. The lowest BCUT2D eigenvalue weighted by molar-refractivity contribution is -0.217. The molecule has 4 nitrogen and oxygen atoms in total. The summed E-state index contributed by atoms with van der Waals surface area (Å²) in [5.41, 5.74) is -1.36. The van der Waals surface area contributed by atoms with Crippen molar-refractivity contribution in [1.29, 1.82) is 0 Å². The summed E-state index contributed by atoms with van der Waals surface area (Å²) in [6.07, 6.45) is 5.89. The van der Waals surface area contributed by atoms with Gasteiger partial charge in [-0.1, -0.05) is 19.3 Å². The van der Waals surface area contributed by atoms with E-state index in [-0.39, 0.29) is 34.1 Å². The lowest BCUT2D eigenvalue weighted by Crippen LogP contribution is -2.64. The molecule has 1 saturated heterocycles. The van der Waals surface area contributed by atoms with Gasteiger partial charge in [0, 0.05) is 5.60 Å². The minimum atomic E-state index is -0.754. The second-order valence-corrected chi connectivity index (χ2v) is 11.1. The lowest BCUT2D eigenvalue weighted by Gasteiger charge is -2.68. The number of halogens is 1. The molecule has 0 aromatic heterocycles. The molecule has 3 fully saturated rings. The first kappa shape index (κ1) is 21.8. The summed E-state index contributed by atoms with van der Waals surface area (Å²) in [7, 11) is 3.83. The van der Waals surface area contributed by atoms with Crippen LogP contribution in [-0.4, -0.2) is 53.0 Å². The lowest BCUT2D eigenvalue weighted by atomic mass is 9.50. The zero-order chi connectivity index (χ0) is 20.3. The maximum atomic E-state index is 11.2. The smallest absolute Gasteiger partial charge is 0.0796 e. The van der Waals surface area contributed by atoms with Gasteiger partial charge in [-0.25, -0.2) is 0 Å². The Bertz CT molecular complexity index is 554. The van der Waals surface area contributed by atoms with Crippen LogP contribution in [0.3, 0.4) is 0 Å². The molecule has 158 valence electrons. The van der Waals surface area contributed by atoms with E-state index in [2.05, 4.69) is 27.7 Å². The molecular weight excluding hydrogens is 360 g/mol. The molecule has 2 aliphatic carbocycles. The molecule has 0 aromatic carbocycles. The molecule has 3 aliphatic rings. The van der Waals surface area contributed by atoms with Crippen molar-refractivity contribution < 1.29 is 9.84 Å². The maximum absolute atomic E-state index is 11.2. The Morgan fingerprint density at radius 3 is 2.11 bits per heavy atom. The Hall–Kier alpha value is 0.130. The summed E-state index contributed by atoms with van der Waals surface area (Å²) >= 11 is 6.58. The van der Waals surface area contributed by atoms with Crippen molar-refractivity contribution in [2.24, 2.45) is 17.8 Å². The van der Waals surface area contributed by atoms with E-state index < -0.39 is 5.60 Å². The predicted octanol–water partition coefficient (Wildman–Crippen LogP) is 5.26. The maximum Gasteiger partial charge on any atom is 0.0796 e. The van der Waals surface area contributed by atoms with Crippen molar-refractivity contribution in [3.05, 3.63) is 10.6 Å². The minimum absolute atomic E-state index is 0.0316. The fraction of sp³-hybridized carbons (Fsp3) is 1.00. The molecule has 0 unspecified atom stereocenters. The van der Waals surface area contributed by atoms with Crippen LogP contribution in [0.4, 0.5) is 0 Å². The number of likely N-dealkylation sites (N-methyl/N-ethyl adjacent to an activating group) is 1. The summed E-state index contributed by atoms with van der Waals surface area (Å²) in [5.74, 6) is 1.09. The molecule has 3 rings (SSSR count). The summed E-state index contributed by atoms with van der Waals surface area (Å²) in [5, 5.41) is 20.8. The molecule has 8 atom stereocenters. The van der Waals surface area contributed by atoms with Crippen LogP contribution in [0.5, 0.6) is 0 Å². The van der Waals surface area contributed by atoms with Gasteiger partial charge >= 0.3 is 0 Å². The van der Waals surface area contributed by atoms with Crippen LogP contribution in [-0.2, 0) is 4.74 Å². The molecule has 0 spiro atoms. The zero-order valence-electron chi connectivity index (χ0n) is 18.3. The molecule has 0 radical (unpaired) electrons. The summed E-state index contributed by atoms with van der Waals surface area (Å²) in [6, 6.07) is -0.0695. The number of rotatable bonds is 3. The van der Waals surface area contributed by atoms with Gasteiger partial charge in [0.05, 0.1) is 16.6 Å². The molecule has 27 heavy (non-hydrogen) atoms. The largest absolute Gasteiger partial charge is 0.660 e. The van der Waals surface area contributed by atoms with Crippen molar-refractivity contribution in [2.45, 2.75) is 107 Å². The van der Waals surface area contributed by atoms with Gasteiger partial charge in [-0.3, -0.25) is 0 Å². The number of hydrogen-bond donors (Lipinski definition) is 1. The van der Waals surface area contributed by atoms with Gasteiger partial charge < -0.3 is 20.5 Å². The molecule has 0 amide bonds. The molecule has 0 bridgehead atoms. The number of hydrogen-bond acceptors (Lipinski definition) is 2. The van der Waals surface area contributed by atoms with Gasteiger partial charge in [0.25, 0.3) is 0 Å². The summed E-state index contributed by atoms with van der Waals surface area (Å²) < 4.78 is 6.74. The first-order valence-electron chi connectivity index (χ1n) is 10.7. The average molecular weight is 399 g/mol. The highest BCUT2D eigenvalue weighted by atomic mass is 35.5. The van der Waals surface area contributed by atoms with Crippen LogP contribution >= 0.6 is 11.6 Å². The topological polar surface area (TPSA) is 57.7 Å². The highest BCUT2D eigenvalue weighted by molar-refractivity contribution is 6.21. The third-order valence-corrected chi connectivity index (χ3v) is 9.11. The van der Waals surface area contributed by atoms with E-state index in [4.69, 9.17) is 27.0 Å². The number of ether oxygens (including phenoxy) is 1. The van der Waals surface area contributed by atoms with Crippen molar-refractivity contribution in [2.75, 3.05) is 14.1 Å². The molecule has 2 saturated carbocycles. The van der Waals surface area contributed by atoms with Gasteiger partial charge in [0.15, 0.2) is 0 Å². The van der Waals surface area contributed by atoms with E-state index >= 15 is 0 Å². The van der Waals surface area contributed by atoms with Crippen LogP contribution in [0.25, 0.3) is 10.6 Å². The molecular formula is C22H39ClN2O2-2. The van der Waals surface area contributed by atoms with E-state index in [0.717, 1.165) is 38.5 Å². The molecule has 0 aromatic rings. The van der Waals surface area contributed by atoms with E-state index in [1.165, 1.54) is 0 Å². The Balaban J connectivity index is 2.00. The van der Waals surface area contributed by atoms with Gasteiger partial charge in [0.2, 0.25) is 0 Å². The first-order chi connectivity index (χ1) is 12.4. The first-order valence-corrected chi connectivity index (χ1v) is 11.1. The summed E-state index contributed by atoms with van der Waals surface area (Å²) in [6.45, 7) is 10.8. The minimum Gasteiger partial charge on any atom is -0.660 e. The average Bonchev–Trinajstić information content (AvgIpc) is 2.57. The van der Waals surface area contributed by atoms with Crippen molar-refractivity contribution >= 4 is 11.6 Å². The molecule has 1 N–H and O–H groups in total. The monoisotopic (exact) mass is 398 g/mol. The third-order valence-electron chi connectivity index (χ3n) is 8.37. The standard InChI is InChI=1S/C22H39ClN2O2/c1-19(2)16(23)10-13-22(5,27-19)15-8-11-20(3,25-7)14-9-12-21(4,26)18(24-6)17(14)15/h14-18,26H,8-13H2,1-7H3/q-2/t14-,15-,16-,17-,18+,20-,21+,22+/m0/s1. The number of alkyl halides is 1. The van der Waals surface area contributed by atoms with E-state index in [0.29, 0.717) is 11.8 Å². The van der Waals surface area contributed by atoms with Crippen LogP contribution in [0.2, 0.25) is 0 Å². The Kier molecular flexibility index (Phi) is 5.76. The van der Waals surface area contributed by atoms with Crippen LogP contribution in [0.15, 0.2) is 0 Å². The van der Waals surface area contributed by atoms with Gasteiger partial charge in [-0.2, -0.15) is 14.1 Å². The molecule has 1 heterocycles. The Morgan fingerprint density at radius 1 is 0.926 bits per heavy atom. The van der Waals surface area contributed by atoms with Crippen molar-refractivity contribution in [3.8, 4) is 0 Å². The van der Waals surface area contributed by atoms with Crippen molar-refractivity contribution in [3.63, 3.8) is 0 Å². The highest BCUT2D eigenvalue weighted by Crippen LogP contribution is 2.59. The second kappa shape index (κ2) is 7.12. The predicted molar refractivity (Wildman–Crippen MR) is 113 cm³/mol. The zero-order valence-corrected chi connectivity index (χ0v) is 19.0. The van der Waals surface area contributed by atoms with Crippen LogP contribution in [0, 0.1) is 17.8 Å². The third kappa shape index (κ3) is 3.59. The van der Waals surface area contributed by atoms with Crippen LogP contribution < -0.4 is 0 Å². The second-order valence-electron chi connectivity index (χ2n) is 10.5. The van der Waals surface area contributed by atoms with Gasteiger partial charge in [0.1, 0.15) is 0 Å². The number of aliphatic hydroxyl groups is 1.